The Morgan fingerprint density at radius 3 is 2.67 bits per heavy atom. The van der Waals surface area contributed by atoms with E-state index >= 15 is 0 Å². The maximum atomic E-state index is 5.57. The van der Waals surface area contributed by atoms with Crippen LogP contribution in [0.4, 0.5) is 0 Å². The normalized spacial score (nSPS) is 11.5. The first-order chi connectivity index (χ1) is 11.7. The van der Waals surface area contributed by atoms with Crippen molar-refractivity contribution in [2.24, 2.45) is 4.99 Å². The van der Waals surface area contributed by atoms with Crippen LogP contribution in [0.15, 0.2) is 56.8 Å². The maximum Gasteiger partial charge on any atom is 0.226 e. The van der Waals surface area contributed by atoms with Crippen LogP contribution >= 0.6 is 11.3 Å². The number of aliphatic imine (C=N–C) groups is 1. The smallest absolute Gasteiger partial charge is 0.226 e. The van der Waals surface area contributed by atoms with Crippen LogP contribution in [0.25, 0.3) is 11.5 Å². The van der Waals surface area contributed by atoms with E-state index in [0.29, 0.717) is 12.4 Å². The number of rotatable bonds is 5. The molecule has 1 aromatic carbocycles. The van der Waals surface area contributed by atoms with E-state index in [2.05, 4.69) is 44.4 Å². The molecule has 2 heterocycles. The number of benzene rings is 1. The van der Waals surface area contributed by atoms with Gasteiger partial charge in [0.05, 0.1) is 12.2 Å². The third-order valence-corrected chi connectivity index (χ3v) is 4.28. The minimum atomic E-state index is 0.554. The highest BCUT2D eigenvalue weighted by Gasteiger charge is 2.07. The predicted molar refractivity (Wildman–Crippen MR) is 98.0 cm³/mol. The predicted octanol–water partition coefficient (Wildman–Crippen LogP) is 3.58. The molecule has 0 atom stereocenters. The second-order valence-electron chi connectivity index (χ2n) is 5.42. The van der Waals surface area contributed by atoms with Crippen molar-refractivity contribution in [1.82, 2.24) is 15.6 Å². The van der Waals surface area contributed by atoms with Crippen molar-refractivity contribution in [2.75, 3.05) is 7.05 Å². The van der Waals surface area contributed by atoms with Gasteiger partial charge in [0.25, 0.3) is 0 Å². The van der Waals surface area contributed by atoms with Crippen molar-refractivity contribution >= 4 is 17.3 Å². The molecule has 0 aliphatic heterocycles. The van der Waals surface area contributed by atoms with Gasteiger partial charge in [0.15, 0.2) is 5.96 Å². The van der Waals surface area contributed by atoms with Gasteiger partial charge in [0.1, 0.15) is 6.26 Å². The Morgan fingerprint density at radius 2 is 1.96 bits per heavy atom. The monoisotopic (exact) mass is 340 g/mol. The molecule has 0 bridgehead atoms. The lowest BCUT2D eigenvalue weighted by Crippen LogP contribution is -2.36. The first-order valence-electron chi connectivity index (χ1n) is 7.71. The minimum Gasteiger partial charge on any atom is -0.444 e. The summed E-state index contributed by atoms with van der Waals surface area (Å²) in [6.07, 6.45) is 1.67. The van der Waals surface area contributed by atoms with Crippen LogP contribution in [0.2, 0.25) is 0 Å². The molecule has 5 nitrogen and oxygen atoms in total. The lowest BCUT2D eigenvalue weighted by molar-refractivity contribution is 0.572. The lowest BCUT2D eigenvalue weighted by Gasteiger charge is -2.09. The Labute approximate surface area is 145 Å². The van der Waals surface area contributed by atoms with E-state index in [9.17, 15) is 0 Å². The lowest BCUT2D eigenvalue weighted by atomic mass is 10.1. The van der Waals surface area contributed by atoms with Crippen molar-refractivity contribution in [3.05, 3.63) is 64.2 Å². The molecule has 0 aliphatic carbocycles. The highest BCUT2D eigenvalue weighted by molar-refractivity contribution is 7.07. The van der Waals surface area contributed by atoms with E-state index in [-0.39, 0.29) is 0 Å². The summed E-state index contributed by atoms with van der Waals surface area (Å²) in [5.41, 5.74) is 4.27. The summed E-state index contributed by atoms with van der Waals surface area (Å²) in [5.74, 6) is 1.37. The molecule has 2 N–H and O–H groups in total. The molecule has 124 valence electrons. The van der Waals surface area contributed by atoms with Crippen molar-refractivity contribution in [3.8, 4) is 11.5 Å². The molecule has 0 aliphatic rings. The summed E-state index contributed by atoms with van der Waals surface area (Å²) in [6, 6.07) is 10.2. The minimum absolute atomic E-state index is 0.554. The molecular formula is C18H20N4OS. The molecule has 0 fully saturated rings. The molecule has 6 heteroatoms. The zero-order valence-electron chi connectivity index (χ0n) is 13.7. The summed E-state index contributed by atoms with van der Waals surface area (Å²) in [6.45, 7) is 3.36. The van der Waals surface area contributed by atoms with Crippen molar-refractivity contribution < 1.29 is 4.42 Å². The molecule has 3 aromatic rings. The molecule has 3 rings (SSSR count). The average molecular weight is 340 g/mol. The number of oxazole rings is 1. The van der Waals surface area contributed by atoms with Gasteiger partial charge in [0, 0.05) is 19.2 Å². The van der Waals surface area contributed by atoms with E-state index in [1.807, 2.05) is 24.3 Å². The summed E-state index contributed by atoms with van der Waals surface area (Å²) in [4.78, 5) is 8.73. The number of aromatic nitrogens is 1. The van der Waals surface area contributed by atoms with Crippen LogP contribution in [0, 0.1) is 6.92 Å². The Bertz CT molecular complexity index is 791. The third kappa shape index (κ3) is 4.23. The van der Waals surface area contributed by atoms with Crippen LogP contribution < -0.4 is 10.6 Å². The van der Waals surface area contributed by atoms with E-state index in [0.717, 1.165) is 23.8 Å². The molecule has 0 saturated carbocycles. The average Bonchev–Trinajstić information content (AvgIpc) is 3.27. The Kier molecular flexibility index (Phi) is 5.28. The van der Waals surface area contributed by atoms with Gasteiger partial charge in [-0.15, -0.1) is 0 Å². The van der Waals surface area contributed by atoms with Gasteiger partial charge in [-0.3, -0.25) is 4.99 Å². The van der Waals surface area contributed by atoms with Crippen molar-refractivity contribution in [1.29, 1.82) is 0 Å². The largest absolute Gasteiger partial charge is 0.444 e. The Balaban J connectivity index is 1.55. The molecule has 0 amide bonds. The van der Waals surface area contributed by atoms with E-state index in [1.165, 1.54) is 11.1 Å². The van der Waals surface area contributed by atoms with Gasteiger partial charge in [-0.2, -0.15) is 11.3 Å². The van der Waals surface area contributed by atoms with Gasteiger partial charge in [-0.25, -0.2) is 4.98 Å². The van der Waals surface area contributed by atoms with E-state index < -0.39 is 0 Å². The molecule has 0 unspecified atom stereocenters. The zero-order chi connectivity index (χ0) is 16.8. The summed E-state index contributed by atoms with van der Waals surface area (Å²) in [7, 11) is 1.75. The van der Waals surface area contributed by atoms with Crippen LogP contribution in [-0.2, 0) is 13.1 Å². The Hall–Kier alpha value is -2.60. The first kappa shape index (κ1) is 16.3. The molecule has 0 spiro atoms. The van der Waals surface area contributed by atoms with Crippen LogP contribution in [0.5, 0.6) is 0 Å². The molecule has 2 aromatic heterocycles. The second kappa shape index (κ2) is 7.79. The molecular weight excluding hydrogens is 320 g/mol. The SMILES string of the molecule is CN=C(NCc1ccsc1)NCc1coc(-c2ccc(C)cc2)n1. The van der Waals surface area contributed by atoms with Gasteiger partial charge >= 0.3 is 0 Å². The number of hydrogen-bond donors (Lipinski definition) is 2. The van der Waals surface area contributed by atoms with Gasteiger partial charge in [-0.1, -0.05) is 17.7 Å². The number of nitrogens with one attached hydrogen (secondary N) is 2. The van der Waals surface area contributed by atoms with E-state index in [1.54, 1.807) is 24.6 Å². The fraction of sp³-hybridized carbons (Fsp3) is 0.222. The number of hydrogen-bond acceptors (Lipinski definition) is 4. The van der Waals surface area contributed by atoms with Crippen LogP contribution in [0.3, 0.4) is 0 Å². The number of aryl methyl sites for hydroxylation is 1. The fourth-order valence-corrected chi connectivity index (χ4v) is 2.86. The number of thiophene rings is 1. The van der Waals surface area contributed by atoms with Crippen molar-refractivity contribution in [3.63, 3.8) is 0 Å². The third-order valence-electron chi connectivity index (χ3n) is 3.55. The topological polar surface area (TPSA) is 62.5 Å². The van der Waals surface area contributed by atoms with Gasteiger partial charge in [0.2, 0.25) is 5.89 Å². The summed E-state index contributed by atoms with van der Waals surface area (Å²) >= 11 is 1.69. The summed E-state index contributed by atoms with van der Waals surface area (Å²) < 4.78 is 5.57. The van der Waals surface area contributed by atoms with E-state index in [4.69, 9.17) is 4.42 Å². The van der Waals surface area contributed by atoms with Gasteiger partial charge in [-0.05, 0) is 41.4 Å². The van der Waals surface area contributed by atoms with Crippen molar-refractivity contribution in [2.45, 2.75) is 20.0 Å². The van der Waals surface area contributed by atoms with Crippen LogP contribution in [-0.4, -0.2) is 18.0 Å². The number of guanidine groups is 1. The highest BCUT2D eigenvalue weighted by Crippen LogP contribution is 2.18. The summed E-state index contributed by atoms with van der Waals surface area (Å²) in [5, 5.41) is 10.7. The highest BCUT2D eigenvalue weighted by atomic mass is 32.1. The molecule has 0 radical (unpaired) electrons. The second-order valence-corrected chi connectivity index (χ2v) is 6.20. The molecule has 24 heavy (non-hydrogen) atoms. The standard InChI is InChI=1S/C18H20N4OS/c1-13-3-5-15(6-4-13)17-22-16(11-23-17)10-21-18(19-2)20-9-14-7-8-24-12-14/h3-8,11-12H,9-10H2,1-2H3,(H2,19,20,21). The maximum absolute atomic E-state index is 5.57. The zero-order valence-corrected chi connectivity index (χ0v) is 14.6. The number of nitrogens with zero attached hydrogens (tertiary/aromatic N) is 2. The van der Waals surface area contributed by atoms with Gasteiger partial charge < -0.3 is 15.1 Å². The quantitative estimate of drug-likeness (QED) is 0.550. The molecule has 0 saturated heterocycles. The first-order valence-corrected chi connectivity index (χ1v) is 8.66. The fourth-order valence-electron chi connectivity index (χ4n) is 2.19. The van der Waals surface area contributed by atoms with Crippen LogP contribution in [0.1, 0.15) is 16.8 Å². The Morgan fingerprint density at radius 1 is 1.17 bits per heavy atom.